The minimum absolute atomic E-state index is 0. The first kappa shape index (κ1) is 21.1. The zero-order valence-electron chi connectivity index (χ0n) is 14.3. The van der Waals surface area contributed by atoms with E-state index in [9.17, 15) is 13.2 Å². The summed E-state index contributed by atoms with van der Waals surface area (Å²) in [4.78, 5) is 12.3. The molecule has 2 heterocycles. The van der Waals surface area contributed by atoms with Gasteiger partial charge in [0.2, 0.25) is 15.9 Å². The minimum Gasteiger partial charge on any atom is -0.379 e. The number of anilines is 1. The van der Waals surface area contributed by atoms with Crippen molar-refractivity contribution in [2.45, 2.75) is 17.4 Å². The highest BCUT2D eigenvalue weighted by Gasteiger charge is 2.26. The fourth-order valence-corrected chi connectivity index (χ4v) is 4.31. The van der Waals surface area contributed by atoms with Crippen LogP contribution >= 0.6 is 12.4 Å². The maximum atomic E-state index is 12.7. The number of benzene rings is 1. The summed E-state index contributed by atoms with van der Waals surface area (Å²) in [7, 11) is -3.58. The molecule has 1 amide bonds. The van der Waals surface area contributed by atoms with E-state index >= 15 is 0 Å². The molecular weight excluding hydrogens is 382 g/mol. The van der Waals surface area contributed by atoms with Crippen molar-refractivity contribution in [3.8, 4) is 0 Å². The molecule has 0 saturated carbocycles. The summed E-state index contributed by atoms with van der Waals surface area (Å²) in [6, 6.07) is 6.32. The zero-order valence-corrected chi connectivity index (χ0v) is 16.0. The van der Waals surface area contributed by atoms with Crippen LogP contribution in [0.15, 0.2) is 29.2 Å². The molecule has 1 unspecified atom stereocenters. The van der Waals surface area contributed by atoms with Gasteiger partial charge in [0, 0.05) is 37.8 Å². The Hall–Kier alpha value is -1.23. The Bertz CT molecular complexity index is 704. The lowest BCUT2D eigenvalue weighted by Gasteiger charge is -2.26. The first-order valence-electron chi connectivity index (χ1n) is 8.34. The second-order valence-electron chi connectivity index (χ2n) is 6.02. The fourth-order valence-electron chi connectivity index (χ4n) is 2.86. The van der Waals surface area contributed by atoms with Gasteiger partial charge in [0.15, 0.2) is 0 Å². The fraction of sp³-hybridized carbons (Fsp3) is 0.562. The van der Waals surface area contributed by atoms with Crippen molar-refractivity contribution in [3.63, 3.8) is 0 Å². The average Bonchev–Trinajstić information content (AvgIpc) is 2.63. The standard InChI is InChI=1S/C16H23N3O5S.ClH/c20-16(11-14-12-24-7-4-17-14)18-13-2-1-3-15(10-13)25(21,22)19-5-8-23-9-6-19;/h1-3,10,14,17H,4-9,11-12H2,(H,18,20);1H. The molecule has 146 valence electrons. The number of amides is 1. The molecule has 8 nitrogen and oxygen atoms in total. The minimum atomic E-state index is -3.58. The number of hydrogen-bond acceptors (Lipinski definition) is 6. The smallest absolute Gasteiger partial charge is 0.243 e. The van der Waals surface area contributed by atoms with Crippen molar-refractivity contribution in [2.24, 2.45) is 0 Å². The van der Waals surface area contributed by atoms with Gasteiger partial charge in [-0.3, -0.25) is 4.79 Å². The van der Waals surface area contributed by atoms with Crippen molar-refractivity contribution >= 4 is 34.0 Å². The molecule has 0 aliphatic carbocycles. The van der Waals surface area contributed by atoms with Gasteiger partial charge in [-0.2, -0.15) is 4.31 Å². The molecule has 2 N–H and O–H groups in total. The normalized spacial score (nSPS) is 21.6. The van der Waals surface area contributed by atoms with Crippen LogP contribution in [0.1, 0.15) is 6.42 Å². The Labute approximate surface area is 159 Å². The van der Waals surface area contributed by atoms with Crippen LogP contribution in [-0.2, 0) is 24.3 Å². The molecule has 26 heavy (non-hydrogen) atoms. The van der Waals surface area contributed by atoms with Crippen LogP contribution in [-0.4, -0.2) is 70.7 Å². The van der Waals surface area contributed by atoms with E-state index in [1.807, 2.05) is 0 Å². The number of morpholine rings is 2. The molecule has 2 aliphatic rings. The highest BCUT2D eigenvalue weighted by atomic mass is 35.5. The lowest BCUT2D eigenvalue weighted by Crippen LogP contribution is -2.43. The Morgan fingerprint density at radius 1 is 1.23 bits per heavy atom. The summed E-state index contributed by atoms with van der Waals surface area (Å²) in [6.07, 6.45) is 0.278. The van der Waals surface area contributed by atoms with E-state index in [-0.39, 0.29) is 35.7 Å². The highest BCUT2D eigenvalue weighted by Crippen LogP contribution is 2.20. The average molecular weight is 406 g/mol. The van der Waals surface area contributed by atoms with E-state index < -0.39 is 10.0 Å². The lowest BCUT2D eigenvalue weighted by atomic mass is 10.2. The third kappa shape index (κ3) is 5.38. The van der Waals surface area contributed by atoms with Crippen LogP contribution in [0.2, 0.25) is 0 Å². The first-order chi connectivity index (χ1) is 12.1. The van der Waals surface area contributed by atoms with Gasteiger partial charge >= 0.3 is 0 Å². The maximum absolute atomic E-state index is 12.7. The summed E-state index contributed by atoms with van der Waals surface area (Å²) in [5, 5.41) is 5.98. The number of rotatable bonds is 5. The molecular formula is C16H24ClN3O5S. The number of ether oxygens (including phenoxy) is 2. The Morgan fingerprint density at radius 2 is 2.00 bits per heavy atom. The van der Waals surface area contributed by atoms with Crippen molar-refractivity contribution in [1.29, 1.82) is 0 Å². The zero-order chi connectivity index (χ0) is 17.7. The molecule has 10 heteroatoms. The number of carbonyl (C=O) groups excluding carboxylic acids is 1. The van der Waals surface area contributed by atoms with Gasteiger partial charge in [-0.05, 0) is 18.2 Å². The van der Waals surface area contributed by atoms with E-state index in [2.05, 4.69) is 10.6 Å². The van der Waals surface area contributed by atoms with Gasteiger partial charge in [0.05, 0.1) is 31.3 Å². The maximum Gasteiger partial charge on any atom is 0.243 e. The van der Waals surface area contributed by atoms with Crippen LogP contribution < -0.4 is 10.6 Å². The quantitative estimate of drug-likeness (QED) is 0.738. The summed E-state index contributed by atoms with van der Waals surface area (Å²) >= 11 is 0. The van der Waals surface area contributed by atoms with Crippen LogP contribution in [0.5, 0.6) is 0 Å². The van der Waals surface area contributed by atoms with Crippen molar-refractivity contribution in [3.05, 3.63) is 24.3 Å². The highest BCUT2D eigenvalue weighted by molar-refractivity contribution is 7.89. The summed E-state index contributed by atoms with van der Waals surface area (Å²) in [5.41, 5.74) is 0.469. The van der Waals surface area contributed by atoms with Gasteiger partial charge in [-0.15, -0.1) is 12.4 Å². The number of sulfonamides is 1. The molecule has 2 aliphatic heterocycles. The van der Waals surface area contributed by atoms with Crippen molar-refractivity contribution in [1.82, 2.24) is 9.62 Å². The number of carbonyl (C=O) groups is 1. The van der Waals surface area contributed by atoms with Gasteiger partial charge < -0.3 is 20.1 Å². The van der Waals surface area contributed by atoms with Gasteiger partial charge in [0.25, 0.3) is 0 Å². The molecule has 0 spiro atoms. The molecule has 3 rings (SSSR count). The predicted octanol–water partition coefficient (Wildman–Crippen LogP) is 0.446. The van der Waals surface area contributed by atoms with Crippen LogP contribution in [0.4, 0.5) is 5.69 Å². The molecule has 2 saturated heterocycles. The molecule has 2 fully saturated rings. The van der Waals surface area contributed by atoms with E-state index in [0.29, 0.717) is 45.2 Å². The van der Waals surface area contributed by atoms with Gasteiger partial charge in [-0.1, -0.05) is 6.07 Å². The molecule has 1 aromatic rings. The summed E-state index contributed by atoms with van der Waals surface area (Å²) < 4.78 is 37.3. The van der Waals surface area contributed by atoms with E-state index in [0.717, 1.165) is 6.54 Å². The first-order valence-corrected chi connectivity index (χ1v) is 9.79. The second kappa shape index (κ2) is 9.63. The number of hydrogen-bond donors (Lipinski definition) is 2. The number of halogens is 1. The third-order valence-electron chi connectivity index (χ3n) is 4.16. The molecule has 0 bridgehead atoms. The monoisotopic (exact) mass is 405 g/mol. The Morgan fingerprint density at radius 3 is 2.69 bits per heavy atom. The summed E-state index contributed by atoms with van der Waals surface area (Å²) in [6.45, 7) is 3.35. The predicted molar refractivity (Wildman–Crippen MR) is 99.1 cm³/mol. The number of nitrogens with zero attached hydrogens (tertiary/aromatic N) is 1. The molecule has 1 atom stereocenters. The third-order valence-corrected chi connectivity index (χ3v) is 6.05. The van der Waals surface area contributed by atoms with Crippen LogP contribution in [0, 0.1) is 0 Å². The Kier molecular flexibility index (Phi) is 7.81. The molecule has 1 aromatic carbocycles. The molecule has 0 aromatic heterocycles. The van der Waals surface area contributed by atoms with Gasteiger partial charge in [0.1, 0.15) is 0 Å². The van der Waals surface area contributed by atoms with Crippen LogP contribution in [0.3, 0.4) is 0 Å². The second-order valence-corrected chi connectivity index (χ2v) is 7.96. The van der Waals surface area contributed by atoms with Gasteiger partial charge in [-0.25, -0.2) is 8.42 Å². The largest absolute Gasteiger partial charge is 0.379 e. The van der Waals surface area contributed by atoms with Crippen molar-refractivity contribution < 1.29 is 22.7 Å². The molecule has 0 radical (unpaired) electrons. The topological polar surface area (TPSA) is 97.0 Å². The van der Waals surface area contributed by atoms with Crippen LogP contribution in [0.25, 0.3) is 0 Å². The summed E-state index contributed by atoms with van der Waals surface area (Å²) in [5.74, 6) is -0.177. The Balaban J connectivity index is 0.00000243. The van der Waals surface area contributed by atoms with E-state index in [1.165, 1.54) is 16.4 Å². The number of nitrogens with one attached hydrogen (secondary N) is 2. The van der Waals surface area contributed by atoms with Crippen molar-refractivity contribution in [2.75, 3.05) is 51.4 Å². The van der Waals surface area contributed by atoms with E-state index in [1.54, 1.807) is 12.1 Å². The lowest BCUT2D eigenvalue weighted by molar-refractivity contribution is -0.117. The SMILES string of the molecule is Cl.O=C(CC1COCCN1)Nc1cccc(S(=O)(=O)N2CCOCC2)c1. The van der Waals surface area contributed by atoms with E-state index in [4.69, 9.17) is 9.47 Å².